The molecule has 0 aliphatic rings. The number of hydrogen-bond donors (Lipinski definition) is 3. The Morgan fingerprint density at radius 2 is 1.84 bits per heavy atom. The number of carbonyl (C=O) groups is 2. The van der Waals surface area contributed by atoms with Crippen LogP contribution in [0.5, 0.6) is 0 Å². The lowest BCUT2D eigenvalue weighted by Gasteiger charge is -2.28. The van der Waals surface area contributed by atoms with Crippen molar-refractivity contribution in [2.45, 2.75) is 50.8 Å². The highest BCUT2D eigenvalue weighted by molar-refractivity contribution is 7.25. The molecule has 25 heavy (non-hydrogen) atoms. The number of rotatable bonds is 12. The number of carboxylic acids is 1. The lowest BCUT2D eigenvalue weighted by molar-refractivity contribution is -0.148. The predicted octanol–water partition coefficient (Wildman–Crippen LogP) is 2.98. The Bertz CT molecular complexity index is 580. The van der Waals surface area contributed by atoms with E-state index in [-0.39, 0.29) is 25.2 Å². The van der Waals surface area contributed by atoms with Crippen molar-refractivity contribution in [3.63, 3.8) is 0 Å². The molecule has 0 aliphatic heterocycles. The molecule has 0 bridgehead atoms. The van der Waals surface area contributed by atoms with Gasteiger partial charge in [-0.15, -0.1) is 0 Å². The highest BCUT2D eigenvalue weighted by Crippen LogP contribution is 2.38. The standard InChI is InChI=1S/C18H26NO5P/c1-13(7-8-14-5-3-2-4-6-14)11-12-18(23,25-24)15(17(21)22)9-10-16(19)20/h2-6,13,15,23H,7-12H2,1H3,(H2,19,20)(H,21,22). The van der Waals surface area contributed by atoms with Gasteiger partial charge in [-0.05, 0) is 43.6 Å². The molecule has 1 rings (SSSR count). The zero-order valence-electron chi connectivity index (χ0n) is 14.4. The molecule has 0 heterocycles. The van der Waals surface area contributed by atoms with E-state index in [0.717, 1.165) is 12.8 Å². The van der Waals surface area contributed by atoms with E-state index in [2.05, 4.69) is 0 Å². The molecule has 0 spiro atoms. The highest BCUT2D eigenvalue weighted by atomic mass is 31.1. The normalized spacial score (nSPS) is 16.1. The lowest BCUT2D eigenvalue weighted by Crippen LogP contribution is -2.38. The molecule has 0 aliphatic carbocycles. The summed E-state index contributed by atoms with van der Waals surface area (Å²) < 4.78 is 11.5. The highest BCUT2D eigenvalue weighted by Gasteiger charge is 2.42. The Kier molecular flexibility index (Phi) is 8.73. The van der Waals surface area contributed by atoms with Crippen LogP contribution in [-0.2, 0) is 20.6 Å². The van der Waals surface area contributed by atoms with E-state index >= 15 is 0 Å². The van der Waals surface area contributed by atoms with Crippen LogP contribution in [0.25, 0.3) is 0 Å². The van der Waals surface area contributed by atoms with E-state index < -0.39 is 31.6 Å². The van der Waals surface area contributed by atoms with E-state index in [9.17, 15) is 24.4 Å². The molecule has 6 nitrogen and oxygen atoms in total. The van der Waals surface area contributed by atoms with Crippen LogP contribution in [0.2, 0.25) is 0 Å². The summed E-state index contributed by atoms with van der Waals surface area (Å²) in [6.45, 7) is 2.02. The van der Waals surface area contributed by atoms with Crippen LogP contribution in [0.4, 0.5) is 0 Å². The Hall–Kier alpha value is -1.78. The number of carbonyl (C=O) groups excluding carboxylic acids is 1. The van der Waals surface area contributed by atoms with Crippen molar-refractivity contribution in [1.82, 2.24) is 0 Å². The summed E-state index contributed by atoms with van der Waals surface area (Å²) in [7, 11) is -0.643. The zero-order chi connectivity index (χ0) is 18.9. The number of amides is 1. The number of aliphatic hydroxyl groups is 1. The van der Waals surface area contributed by atoms with Gasteiger partial charge in [0, 0.05) is 6.42 Å². The summed E-state index contributed by atoms with van der Waals surface area (Å²) in [4.78, 5) is 22.3. The van der Waals surface area contributed by atoms with Crippen molar-refractivity contribution in [3.05, 3.63) is 35.9 Å². The molecule has 138 valence electrons. The topological polar surface area (TPSA) is 118 Å². The van der Waals surface area contributed by atoms with Crippen molar-refractivity contribution in [1.29, 1.82) is 0 Å². The Balaban J connectivity index is 2.60. The summed E-state index contributed by atoms with van der Waals surface area (Å²) in [5.41, 5.74) is 6.27. The molecule has 4 N–H and O–H groups in total. The number of aliphatic carboxylic acids is 1. The quantitative estimate of drug-likeness (QED) is 0.491. The first-order valence-electron chi connectivity index (χ1n) is 8.40. The summed E-state index contributed by atoms with van der Waals surface area (Å²) in [6, 6.07) is 10.0. The van der Waals surface area contributed by atoms with Crippen molar-refractivity contribution in [2.24, 2.45) is 17.6 Å². The molecule has 0 saturated carbocycles. The Morgan fingerprint density at radius 1 is 1.20 bits per heavy atom. The third-order valence-electron chi connectivity index (χ3n) is 4.47. The van der Waals surface area contributed by atoms with Gasteiger partial charge in [0.25, 0.3) is 0 Å². The summed E-state index contributed by atoms with van der Waals surface area (Å²) in [6.07, 6.45) is 2.10. The van der Waals surface area contributed by atoms with Crippen LogP contribution >= 0.6 is 8.46 Å². The molecule has 0 radical (unpaired) electrons. The fourth-order valence-electron chi connectivity index (χ4n) is 2.78. The van der Waals surface area contributed by atoms with Crippen LogP contribution in [-0.4, -0.2) is 27.4 Å². The maximum absolute atomic E-state index is 11.5. The largest absolute Gasteiger partial charge is 0.481 e. The summed E-state index contributed by atoms with van der Waals surface area (Å²) in [5, 5.41) is 18.0. The van der Waals surface area contributed by atoms with Gasteiger partial charge in [-0.25, -0.2) is 0 Å². The van der Waals surface area contributed by atoms with Crippen LogP contribution in [0.1, 0.15) is 44.6 Å². The van der Waals surface area contributed by atoms with Crippen LogP contribution in [0.15, 0.2) is 30.3 Å². The zero-order valence-corrected chi connectivity index (χ0v) is 15.3. The maximum Gasteiger partial charge on any atom is 0.310 e. The molecular weight excluding hydrogens is 341 g/mol. The molecule has 0 saturated heterocycles. The molecule has 1 aromatic carbocycles. The molecule has 3 atom stereocenters. The monoisotopic (exact) mass is 367 g/mol. The van der Waals surface area contributed by atoms with Crippen molar-refractivity contribution in [3.8, 4) is 0 Å². The second-order valence-corrected chi connectivity index (χ2v) is 7.49. The van der Waals surface area contributed by atoms with E-state index in [1.54, 1.807) is 0 Å². The first kappa shape index (κ1) is 21.3. The number of primary amides is 1. The first-order valence-corrected chi connectivity index (χ1v) is 9.21. The first-order chi connectivity index (χ1) is 11.8. The predicted molar refractivity (Wildman–Crippen MR) is 95.3 cm³/mol. The van der Waals surface area contributed by atoms with E-state index in [0.29, 0.717) is 6.42 Å². The number of carboxylic acid groups (broad SMARTS) is 1. The van der Waals surface area contributed by atoms with E-state index in [4.69, 9.17) is 5.73 Å². The second-order valence-electron chi connectivity index (χ2n) is 6.53. The summed E-state index contributed by atoms with van der Waals surface area (Å²) >= 11 is 0. The number of nitrogens with two attached hydrogens (primary N) is 1. The molecular formula is C18H26NO5P. The van der Waals surface area contributed by atoms with Gasteiger partial charge in [-0.2, -0.15) is 0 Å². The van der Waals surface area contributed by atoms with Crippen LogP contribution in [0.3, 0.4) is 0 Å². The van der Waals surface area contributed by atoms with Gasteiger partial charge in [0.05, 0.1) is 5.92 Å². The van der Waals surface area contributed by atoms with E-state index in [1.807, 2.05) is 37.3 Å². The molecule has 7 heteroatoms. The molecule has 3 unspecified atom stereocenters. The Morgan fingerprint density at radius 3 is 2.36 bits per heavy atom. The lowest BCUT2D eigenvalue weighted by atomic mass is 9.88. The van der Waals surface area contributed by atoms with Gasteiger partial charge in [0.15, 0.2) is 13.8 Å². The van der Waals surface area contributed by atoms with Crippen molar-refractivity contribution >= 4 is 20.3 Å². The third-order valence-corrected chi connectivity index (χ3v) is 5.32. The average Bonchev–Trinajstić information content (AvgIpc) is 2.58. The van der Waals surface area contributed by atoms with Gasteiger partial charge in [0.1, 0.15) is 0 Å². The minimum absolute atomic E-state index is 0.0870. The van der Waals surface area contributed by atoms with Crippen LogP contribution < -0.4 is 5.73 Å². The molecule has 0 fully saturated rings. The third kappa shape index (κ3) is 7.32. The molecule has 1 amide bonds. The SMILES string of the molecule is CC(CCc1ccccc1)CCC(O)(P=O)C(CCC(N)=O)C(=O)O. The second kappa shape index (κ2) is 10.3. The van der Waals surface area contributed by atoms with Gasteiger partial charge in [0.2, 0.25) is 5.91 Å². The van der Waals surface area contributed by atoms with Crippen LogP contribution in [0, 0.1) is 11.8 Å². The van der Waals surface area contributed by atoms with Gasteiger partial charge < -0.3 is 15.9 Å². The fourth-order valence-corrected chi connectivity index (χ4v) is 3.37. The van der Waals surface area contributed by atoms with E-state index in [1.165, 1.54) is 5.56 Å². The van der Waals surface area contributed by atoms with Gasteiger partial charge in [-0.1, -0.05) is 37.3 Å². The van der Waals surface area contributed by atoms with Crippen molar-refractivity contribution in [2.75, 3.05) is 0 Å². The summed E-state index contributed by atoms with van der Waals surface area (Å²) in [5.74, 6) is -2.98. The molecule has 1 aromatic rings. The fraction of sp³-hybridized carbons (Fsp3) is 0.556. The minimum Gasteiger partial charge on any atom is -0.481 e. The van der Waals surface area contributed by atoms with Gasteiger partial charge in [-0.3, -0.25) is 14.2 Å². The van der Waals surface area contributed by atoms with Gasteiger partial charge >= 0.3 is 5.97 Å². The Labute approximate surface area is 149 Å². The average molecular weight is 367 g/mol. The maximum atomic E-state index is 11.5. The molecule has 0 aromatic heterocycles. The number of benzene rings is 1. The van der Waals surface area contributed by atoms with Crippen molar-refractivity contribution < 1.29 is 24.4 Å². The smallest absolute Gasteiger partial charge is 0.310 e. The minimum atomic E-state index is -1.89. The number of hydrogen-bond acceptors (Lipinski definition) is 4. The number of aryl methyl sites for hydroxylation is 1.